The van der Waals surface area contributed by atoms with Crippen molar-refractivity contribution < 1.29 is 9.53 Å². The van der Waals surface area contributed by atoms with Crippen molar-refractivity contribution in [2.75, 3.05) is 0 Å². The van der Waals surface area contributed by atoms with Gasteiger partial charge in [-0.25, -0.2) is 0 Å². The first kappa shape index (κ1) is 14.5. The summed E-state index contributed by atoms with van der Waals surface area (Å²) in [5.74, 6) is 0.442. The van der Waals surface area contributed by atoms with Crippen LogP contribution in [0.25, 0.3) is 0 Å². The highest BCUT2D eigenvalue weighted by atomic mass is 16.6. The third-order valence-electron chi connectivity index (χ3n) is 2.97. The maximum absolute atomic E-state index is 11.7. The lowest BCUT2D eigenvalue weighted by Gasteiger charge is -2.31. The number of ether oxygens (including phenoxy) is 1. The lowest BCUT2D eigenvalue weighted by Crippen LogP contribution is -2.30. The highest BCUT2D eigenvalue weighted by molar-refractivity contribution is 5.70. The van der Waals surface area contributed by atoms with Crippen LogP contribution in [0.2, 0.25) is 0 Å². The first-order valence-electron chi connectivity index (χ1n) is 5.80. The minimum atomic E-state index is -0.372. The number of hydrogen-bond donors (Lipinski definition) is 0. The van der Waals surface area contributed by atoms with Gasteiger partial charge in [-0.05, 0) is 32.1 Å². The molecule has 0 aromatic rings. The van der Waals surface area contributed by atoms with Gasteiger partial charge < -0.3 is 4.74 Å². The molecular formula is C13H26O2. The Labute approximate surface area is 94.4 Å². The van der Waals surface area contributed by atoms with E-state index in [0.29, 0.717) is 12.3 Å². The summed E-state index contributed by atoms with van der Waals surface area (Å²) in [6.45, 7) is 14.3. The molecule has 0 radical (unpaired) electrons. The second kappa shape index (κ2) is 5.00. The Morgan fingerprint density at radius 1 is 1.20 bits per heavy atom. The molecule has 0 aliphatic rings. The Morgan fingerprint density at radius 3 is 2.00 bits per heavy atom. The van der Waals surface area contributed by atoms with E-state index in [9.17, 15) is 4.79 Å². The highest BCUT2D eigenvalue weighted by Gasteiger charge is 2.29. The fourth-order valence-electron chi connectivity index (χ4n) is 1.48. The van der Waals surface area contributed by atoms with Gasteiger partial charge in [0.05, 0.1) is 6.42 Å². The third kappa shape index (κ3) is 5.81. The van der Waals surface area contributed by atoms with Crippen LogP contribution < -0.4 is 0 Å². The van der Waals surface area contributed by atoms with Gasteiger partial charge in [-0.15, -0.1) is 0 Å². The van der Waals surface area contributed by atoms with Gasteiger partial charge in [-0.3, -0.25) is 4.79 Å². The predicted molar refractivity (Wildman–Crippen MR) is 63.7 cm³/mol. The van der Waals surface area contributed by atoms with E-state index in [1.165, 1.54) is 0 Å². The van der Waals surface area contributed by atoms with Crippen LogP contribution >= 0.6 is 0 Å². The zero-order chi connectivity index (χ0) is 12.3. The second-order valence-corrected chi connectivity index (χ2v) is 6.06. The molecule has 0 aliphatic heterocycles. The van der Waals surface area contributed by atoms with Gasteiger partial charge >= 0.3 is 5.97 Å². The lowest BCUT2D eigenvalue weighted by atomic mass is 9.76. The maximum atomic E-state index is 11.7. The molecule has 0 spiro atoms. The number of rotatable bonds is 4. The van der Waals surface area contributed by atoms with Crippen molar-refractivity contribution in [2.45, 2.75) is 66.9 Å². The Morgan fingerprint density at radius 2 is 1.67 bits per heavy atom. The summed E-state index contributed by atoms with van der Waals surface area (Å²) in [6.07, 6.45) is 1.59. The van der Waals surface area contributed by atoms with E-state index in [-0.39, 0.29) is 17.0 Å². The zero-order valence-electron chi connectivity index (χ0n) is 11.3. The van der Waals surface area contributed by atoms with Crippen molar-refractivity contribution in [3.05, 3.63) is 0 Å². The summed E-state index contributed by atoms with van der Waals surface area (Å²) in [6, 6.07) is 0. The lowest BCUT2D eigenvalue weighted by molar-refractivity contribution is -0.158. The minimum absolute atomic E-state index is 0.0249. The van der Waals surface area contributed by atoms with Gasteiger partial charge in [0.1, 0.15) is 5.60 Å². The minimum Gasteiger partial charge on any atom is -0.460 e. The normalized spacial score (nSPS) is 14.9. The van der Waals surface area contributed by atoms with E-state index in [1.54, 1.807) is 0 Å². The van der Waals surface area contributed by atoms with Crippen molar-refractivity contribution in [1.82, 2.24) is 0 Å². The molecule has 90 valence electrons. The molecular weight excluding hydrogens is 188 g/mol. The summed E-state index contributed by atoms with van der Waals surface area (Å²) in [5.41, 5.74) is -0.348. The van der Waals surface area contributed by atoms with E-state index in [1.807, 2.05) is 20.8 Å². The Kier molecular flexibility index (Phi) is 4.82. The van der Waals surface area contributed by atoms with Crippen LogP contribution in [0.1, 0.15) is 61.3 Å². The van der Waals surface area contributed by atoms with Crippen molar-refractivity contribution in [1.29, 1.82) is 0 Å². The summed E-state index contributed by atoms with van der Waals surface area (Å²) in [7, 11) is 0. The van der Waals surface area contributed by atoms with E-state index >= 15 is 0 Å². The summed E-state index contributed by atoms with van der Waals surface area (Å²) in [4.78, 5) is 11.7. The van der Waals surface area contributed by atoms with Crippen LogP contribution in [-0.2, 0) is 9.53 Å². The quantitative estimate of drug-likeness (QED) is 0.665. The molecule has 0 fully saturated rings. The van der Waals surface area contributed by atoms with Crippen LogP contribution in [-0.4, -0.2) is 11.6 Å². The number of carbonyl (C=O) groups is 1. The largest absolute Gasteiger partial charge is 0.460 e. The first-order valence-corrected chi connectivity index (χ1v) is 5.80. The van der Waals surface area contributed by atoms with Crippen LogP contribution in [0.4, 0.5) is 0 Å². The topological polar surface area (TPSA) is 26.3 Å². The molecule has 0 aliphatic carbocycles. The molecule has 0 aromatic carbocycles. The Balaban J connectivity index is 4.28. The molecule has 0 amide bonds. The third-order valence-corrected chi connectivity index (χ3v) is 2.97. The number of hydrogen-bond acceptors (Lipinski definition) is 2. The SMILES string of the molecule is CCC(C)C(C)(C)CC(=O)OC(C)(C)C. The number of carbonyl (C=O) groups excluding carboxylic acids is 1. The molecule has 0 saturated carbocycles. The van der Waals surface area contributed by atoms with E-state index < -0.39 is 0 Å². The maximum Gasteiger partial charge on any atom is 0.306 e. The van der Waals surface area contributed by atoms with Crippen molar-refractivity contribution >= 4 is 5.97 Å². The monoisotopic (exact) mass is 214 g/mol. The van der Waals surface area contributed by atoms with Crippen LogP contribution in [0.15, 0.2) is 0 Å². The second-order valence-electron chi connectivity index (χ2n) is 6.06. The molecule has 2 nitrogen and oxygen atoms in total. The molecule has 2 heteroatoms. The first-order chi connectivity index (χ1) is 6.58. The van der Waals surface area contributed by atoms with Crippen LogP contribution in [0.3, 0.4) is 0 Å². The predicted octanol–water partition coefficient (Wildman–Crippen LogP) is 3.79. The molecule has 0 N–H and O–H groups in total. The average molecular weight is 214 g/mol. The Bertz CT molecular complexity index is 211. The summed E-state index contributed by atoms with van der Waals surface area (Å²) in [5, 5.41) is 0. The molecule has 15 heavy (non-hydrogen) atoms. The van der Waals surface area contributed by atoms with Crippen molar-refractivity contribution in [3.63, 3.8) is 0 Å². The van der Waals surface area contributed by atoms with Gasteiger partial charge in [-0.2, -0.15) is 0 Å². The van der Waals surface area contributed by atoms with Crippen molar-refractivity contribution in [2.24, 2.45) is 11.3 Å². The van der Waals surface area contributed by atoms with Gasteiger partial charge in [0, 0.05) is 0 Å². The molecule has 1 atom stereocenters. The molecule has 0 bridgehead atoms. The van der Waals surface area contributed by atoms with Gasteiger partial charge in [0.15, 0.2) is 0 Å². The van der Waals surface area contributed by atoms with Crippen LogP contribution in [0, 0.1) is 11.3 Å². The van der Waals surface area contributed by atoms with Gasteiger partial charge in [-0.1, -0.05) is 34.1 Å². The molecule has 1 unspecified atom stereocenters. The highest BCUT2D eigenvalue weighted by Crippen LogP contribution is 2.33. The van der Waals surface area contributed by atoms with E-state index in [2.05, 4.69) is 27.7 Å². The van der Waals surface area contributed by atoms with Gasteiger partial charge in [0.25, 0.3) is 0 Å². The molecule has 0 rings (SSSR count). The Hall–Kier alpha value is -0.530. The number of esters is 1. The standard InChI is InChI=1S/C13H26O2/c1-8-10(2)13(6,7)9-11(14)15-12(3,4)5/h10H,8-9H2,1-7H3. The molecule has 0 aromatic heterocycles. The fourth-order valence-corrected chi connectivity index (χ4v) is 1.48. The van der Waals surface area contributed by atoms with Crippen LogP contribution in [0.5, 0.6) is 0 Å². The smallest absolute Gasteiger partial charge is 0.306 e. The molecule has 0 saturated heterocycles. The van der Waals surface area contributed by atoms with E-state index in [0.717, 1.165) is 6.42 Å². The zero-order valence-corrected chi connectivity index (χ0v) is 11.3. The molecule has 0 heterocycles. The fraction of sp³-hybridized carbons (Fsp3) is 0.923. The van der Waals surface area contributed by atoms with E-state index in [4.69, 9.17) is 4.74 Å². The average Bonchev–Trinajstić information content (AvgIpc) is 1.97. The summed E-state index contributed by atoms with van der Waals surface area (Å²) >= 11 is 0. The van der Waals surface area contributed by atoms with Gasteiger partial charge in [0.2, 0.25) is 0 Å². The van der Waals surface area contributed by atoms with Crippen molar-refractivity contribution in [3.8, 4) is 0 Å². The summed E-state index contributed by atoms with van der Waals surface area (Å²) < 4.78 is 5.33.